The van der Waals surface area contributed by atoms with Crippen molar-refractivity contribution in [2.24, 2.45) is 11.8 Å². The zero-order valence-electron chi connectivity index (χ0n) is 12.1. The molecule has 1 N–H and O–H groups in total. The number of methoxy groups -OCH3 is 1. The van der Waals surface area contributed by atoms with Gasteiger partial charge in [0, 0.05) is 20.3 Å². The van der Waals surface area contributed by atoms with E-state index in [9.17, 15) is 0 Å². The SMILES string of the molecule is CC(C)COCC(C)C.COCCOCCO. The van der Waals surface area contributed by atoms with Gasteiger partial charge in [-0.25, -0.2) is 0 Å². The van der Waals surface area contributed by atoms with E-state index in [1.54, 1.807) is 7.11 Å². The monoisotopic (exact) mass is 250 g/mol. The smallest absolute Gasteiger partial charge is 0.0701 e. The first-order valence-corrected chi connectivity index (χ1v) is 6.29. The lowest BCUT2D eigenvalue weighted by atomic mass is 10.2. The van der Waals surface area contributed by atoms with Crippen molar-refractivity contribution in [2.45, 2.75) is 27.7 Å². The molecule has 0 saturated heterocycles. The summed E-state index contributed by atoms with van der Waals surface area (Å²) in [4.78, 5) is 0. The van der Waals surface area contributed by atoms with Crippen LogP contribution in [0.1, 0.15) is 27.7 Å². The van der Waals surface area contributed by atoms with Crippen molar-refractivity contribution in [3.8, 4) is 0 Å². The lowest BCUT2D eigenvalue weighted by Crippen LogP contribution is -2.06. The van der Waals surface area contributed by atoms with Crippen molar-refractivity contribution in [3.05, 3.63) is 0 Å². The van der Waals surface area contributed by atoms with Crippen molar-refractivity contribution < 1.29 is 19.3 Å². The zero-order valence-corrected chi connectivity index (χ0v) is 12.1. The summed E-state index contributed by atoms with van der Waals surface area (Å²) in [6, 6.07) is 0. The second-order valence-corrected chi connectivity index (χ2v) is 4.65. The Morgan fingerprint density at radius 2 is 1.35 bits per heavy atom. The Morgan fingerprint density at radius 3 is 1.71 bits per heavy atom. The highest BCUT2D eigenvalue weighted by atomic mass is 16.5. The maximum absolute atomic E-state index is 8.20. The van der Waals surface area contributed by atoms with Gasteiger partial charge in [-0.2, -0.15) is 0 Å². The molecule has 0 aliphatic heterocycles. The molecule has 0 saturated carbocycles. The standard InChI is InChI=1S/C8H18O.C5H12O3/c1-7(2)5-9-6-8(3)4;1-7-4-5-8-3-2-6/h7-8H,5-6H2,1-4H3;6H,2-5H2,1H3. The molecule has 0 unspecified atom stereocenters. The van der Waals surface area contributed by atoms with Crippen molar-refractivity contribution in [1.29, 1.82) is 0 Å². The first-order chi connectivity index (χ1) is 8.04. The Balaban J connectivity index is 0. The van der Waals surface area contributed by atoms with Crippen LogP contribution in [-0.4, -0.2) is 51.9 Å². The minimum Gasteiger partial charge on any atom is -0.394 e. The van der Waals surface area contributed by atoms with E-state index in [1.165, 1.54) is 0 Å². The molecule has 0 aromatic carbocycles. The summed E-state index contributed by atoms with van der Waals surface area (Å²) in [7, 11) is 1.61. The third kappa shape index (κ3) is 25.8. The largest absolute Gasteiger partial charge is 0.394 e. The first-order valence-electron chi connectivity index (χ1n) is 6.29. The summed E-state index contributed by atoms with van der Waals surface area (Å²) < 4.78 is 14.9. The maximum Gasteiger partial charge on any atom is 0.0701 e. The molecule has 0 fully saturated rings. The number of aliphatic hydroxyl groups excluding tert-OH is 1. The predicted molar refractivity (Wildman–Crippen MR) is 70.3 cm³/mol. The summed E-state index contributed by atoms with van der Waals surface area (Å²) in [5.74, 6) is 1.34. The highest BCUT2D eigenvalue weighted by molar-refractivity contribution is 4.42. The topological polar surface area (TPSA) is 47.9 Å². The van der Waals surface area contributed by atoms with E-state index in [-0.39, 0.29) is 6.61 Å². The quantitative estimate of drug-likeness (QED) is 0.635. The molecule has 0 bridgehead atoms. The summed E-state index contributed by atoms with van der Waals surface area (Å²) in [5, 5.41) is 8.20. The molecule has 0 radical (unpaired) electrons. The average molecular weight is 250 g/mol. The second-order valence-electron chi connectivity index (χ2n) is 4.65. The van der Waals surface area contributed by atoms with Gasteiger partial charge >= 0.3 is 0 Å². The van der Waals surface area contributed by atoms with Gasteiger partial charge in [-0.15, -0.1) is 0 Å². The van der Waals surface area contributed by atoms with Gasteiger partial charge in [-0.1, -0.05) is 27.7 Å². The van der Waals surface area contributed by atoms with Crippen LogP contribution < -0.4 is 0 Å². The summed E-state index contributed by atoms with van der Waals surface area (Å²) >= 11 is 0. The van der Waals surface area contributed by atoms with Crippen LogP contribution in [0.5, 0.6) is 0 Å². The van der Waals surface area contributed by atoms with Crippen LogP contribution in [0.3, 0.4) is 0 Å². The Morgan fingerprint density at radius 1 is 0.824 bits per heavy atom. The van der Waals surface area contributed by atoms with Crippen LogP contribution >= 0.6 is 0 Å². The Bertz CT molecular complexity index is 113. The lowest BCUT2D eigenvalue weighted by Gasteiger charge is -2.07. The van der Waals surface area contributed by atoms with Crippen molar-refractivity contribution in [2.75, 3.05) is 46.8 Å². The molecule has 0 aromatic rings. The molecule has 0 aliphatic carbocycles. The Kier molecular flexibility index (Phi) is 17.9. The lowest BCUT2D eigenvalue weighted by molar-refractivity contribution is 0.0500. The Hall–Kier alpha value is -0.160. The van der Waals surface area contributed by atoms with Gasteiger partial charge in [0.1, 0.15) is 0 Å². The fourth-order valence-electron chi connectivity index (χ4n) is 0.848. The average Bonchev–Trinajstić information content (AvgIpc) is 2.24. The summed E-state index contributed by atoms with van der Waals surface area (Å²) in [6.45, 7) is 12.1. The third-order valence-corrected chi connectivity index (χ3v) is 1.57. The highest BCUT2D eigenvalue weighted by Crippen LogP contribution is 1.96. The van der Waals surface area contributed by atoms with Crippen LogP contribution in [0.25, 0.3) is 0 Å². The first kappa shape index (κ1) is 19.2. The minimum atomic E-state index is 0.0870. The minimum absolute atomic E-state index is 0.0870. The molecular formula is C13H30O4. The van der Waals surface area contributed by atoms with E-state index in [0.717, 1.165) is 13.2 Å². The van der Waals surface area contributed by atoms with Gasteiger partial charge in [0.05, 0.1) is 26.4 Å². The van der Waals surface area contributed by atoms with E-state index in [4.69, 9.17) is 14.6 Å². The molecule has 17 heavy (non-hydrogen) atoms. The maximum atomic E-state index is 8.20. The Labute approximate surface area is 106 Å². The zero-order chi connectivity index (χ0) is 13.5. The molecule has 0 spiro atoms. The molecular weight excluding hydrogens is 220 g/mol. The third-order valence-electron chi connectivity index (χ3n) is 1.57. The van der Waals surface area contributed by atoms with Gasteiger partial charge in [-0.05, 0) is 11.8 Å². The van der Waals surface area contributed by atoms with Crippen molar-refractivity contribution in [3.63, 3.8) is 0 Å². The molecule has 106 valence electrons. The molecule has 0 aromatic heterocycles. The number of hydrogen-bond donors (Lipinski definition) is 1. The van der Waals surface area contributed by atoms with E-state index >= 15 is 0 Å². The van der Waals surface area contributed by atoms with Crippen LogP contribution in [0.15, 0.2) is 0 Å². The molecule has 0 atom stereocenters. The molecule has 0 rings (SSSR count). The molecule has 4 heteroatoms. The van der Waals surface area contributed by atoms with Crippen molar-refractivity contribution >= 4 is 0 Å². The summed E-state index contributed by atoms with van der Waals surface area (Å²) in [6.07, 6.45) is 0. The highest BCUT2D eigenvalue weighted by Gasteiger charge is 1.95. The molecule has 0 aliphatic rings. The predicted octanol–water partition coefficient (Wildman–Crippen LogP) is 1.96. The number of rotatable bonds is 9. The van der Waals surface area contributed by atoms with Crippen LogP contribution in [0.4, 0.5) is 0 Å². The molecule has 0 amide bonds. The van der Waals surface area contributed by atoms with Crippen LogP contribution in [0.2, 0.25) is 0 Å². The van der Waals surface area contributed by atoms with E-state index in [0.29, 0.717) is 31.7 Å². The van der Waals surface area contributed by atoms with Gasteiger partial charge in [-0.3, -0.25) is 0 Å². The van der Waals surface area contributed by atoms with E-state index in [1.807, 2.05) is 0 Å². The van der Waals surface area contributed by atoms with Crippen LogP contribution in [-0.2, 0) is 14.2 Å². The number of aliphatic hydroxyl groups is 1. The number of hydrogen-bond acceptors (Lipinski definition) is 4. The van der Waals surface area contributed by atoms with Gasteiger partial charge < -0.3 is 19.3 Å². The normalized spacial score (nSPS) is 10.6. The van der Waals surface area contributed by atoms with Crippen molar-refractivity contribution in [1.82, 2.24) is 0 Å². The molecule has 4 nitrogen and oxygen atoms in total. The van der Waals surface area contributed by atoms with E-state index in [2.05, 4.69) is 32.4 Å². The fourth-order valence-corrected chi connectivity index (χ4v) is 0.848. The van der Waals surface area contributed by atoms with Gasteiger partial charge in [0.2, 0.25) is 0 Å². The fraction of sp³-hybridized carbons (Fsp3) is 1.00. The van der Waals surface area contributed by atoms with Gasteiger partial charge in [0.25, 0.3) is 0 Å². The second kappa shape index (κ2) is 15.8. The van der Waals surface area contributed by atoms with Crippen LogP contribution in [0, 0.1) is 11.8 Å². The molecule has 0 heterocycles. The van der Waals surface area contributed by atoms with Gasteiger partial charge in [0.15, 0.2) is 0 Å². The number of ether oxygens (including phenoxy) is 3. The summed E-state index contributed by atoms with van der Waals surface area (Å²) in [5.41, 5.74) is 0. The van der Waals surface area contributed by atoms with E-state index < -0.39 is 0 Å².